The second-order valence-corrected chi connectivity index (χ2v) is 3.72. The number of aliphatic hydroxyl groups excluding tert-OH is 1. The summed E-state index contributed by atoms with van der Waals surface area (Å²) in [4.78, 5) is 12.8. The van der Waals surface area contributed by atoms with Gasteiger partial charge in [-0.15, -0.1) is 0 Å². The Labute approximate surface area is 98.6 Å². The number of nitrogens with zero attached hydrogens (tertiary/aromatic N) is 1. The summed E-state index contributed by atoms with van der Waals surface area (Å²) in [6, 6.07) is 0. The SMILES string of the molecule is CCN(CCO)C(=O)CC(CCN)C(F)(F)F. The molecular weight excluding hydrogens is 237 g/mol. The highest BCUT2D eigenvalue weighted by Crippen LogP contribution is 2.31. The number of carbonyl (C=O) groups is 1. The Morgan fingerprint density at radius 3 is 2.41 bits per heavy atom. The highest BCUT2D eigenvalue weighted by molar-refractivity contribution is 5.76. The molecule has 7 heteroatoms. The Kier molecular flexibility index (Phi) is 7.13. The Bertz CT molecular complexity index is 234. The van der Waals surface area contributed by atoms with Crippen LogP contribution in [0.15, 0.2) is 0 Å². The van der Waals surface area contributed by atoms with Crippen molar-refractivity contribution in [2.24, 2.45) is 11.7 Å². The number of likely N-dealkylation sites (N-methyl/N-ethyl adjacent to an activating group) is 1. The van der Waals surface area contributed by atoms with E-state index in [1.54, 1.807) is 6.92 Å². The molecule has 0 aromatic rings. The average Bonchev–Trinajstić information content (AvgIpc) is 2.23. The van der Waals surface area contributed by atoms with Crippen LogP contribution in [0.5, 0.6) is 0 Å². The molecule has 0 aliphatic heterocycles. The standard InChI is InChI=1S/C10H19F3N2O2/c1-2-15(5-6-16)9(17)7-8(3-4-14)10(11,12)13/h8,16H,2-7,14H2,1H3. The second kappa shape index (κ2) is 7.50. The molecule has 1 unspecified atom stereocenters. The van der Waals surface area contributed by atoms with Crippen LogP contribution >= 0.6 is 0 Å². The van der Waals surface area contributed by atoms with Gasteiger partial charge in [0, 0.05) is 19.5 Å². The number of hydrogen-bond acceptors (Lipinski definition) is 3. The molecule has 0 heterocycles. The van der Waals surface area contributed by atoms with Gasteiger partial charge in [0.05, 0.1) is 12.5 Å². The Morgan fingerprint density at radius 1 is 1.47 bits per heavy atom. The maximum absolute atomic E-state index is 12.5. The van der Waals surface area contributed by atoms with Crippen LogP contribution < -0.4 is 5.73 Å². The minimum absolute atomic E-state index is 0.0581. The first-order valence-electron chi connectivity index (χ1n) is 5.52. The van der Waals surface area contributed by atoms with Crippen LogP contribution in [0.4, 0.5) is 13.2 Å². The number of alkyl halides is 3. The van der Waals surface area contributed by atoms with Gasteiger partial charge in [-0.05, 0) is 19.9 Å². The monoisotopic (exact) mass is 256 g/mol. The number of aliphatic hydroxyl groups is 1. The first-order chi connectivity index (χ1) is 7.86. The van der Waals surface area contributed by atoms with E-state index in [4.69, 9.17) is 10.8 Å². The highest BCUT2D eigenvalue weighted by Gasteiger charge is 2.40. The summed E-state index contributed by atoms with van der Waals surface area (Å²) < 4.78 is 37.6. The van der Waals surface area contributed by atoms with E-state index in [9.17, 15) is 18.0 Å². The van der Waals surface area contributed by atoms with Crippen LogP contribution in [0, 0.1) is 5.92 Å². The van der Waals surface area contributed by atoms with Crippen molar-refractivity contribution >= 4 is 5.91 Å². The third-order valence-corrected chi connectivity index (χ3v) is 2.50. The Morgan fingerprint density at radius 2 is 2.06 bits per heavy atom. The number of carbonyl (C=O) groups excluding carboxylic acids is 1. The number of amides is 1. The van der Waals surface area contributed by atoms with Crippen LogP contribution in [0.25, 0.3) is 0 Å². The quantitative estimate of drug-likeness (QED) is 0.706. The smallest absolute Gasteiger partial charge is 0.392 e. The summed E-state index contributed by atoms with van der Waals surface area (Å²) in [5.41, 5.74) is 5.10. The van der Waals surface area contributed by atoms with E-state index >= 15 is 0 Å². The van der Waals surface area contributed by atoms with Crippen molar-refractivity contribution < 1.29 is 23.1 Å². The minimum Gasteiger partial charge on any atom is -0.395 e. The first-order valence-corrected chi connectivity index (χ1v) is 5.52. The first kappa shape index (κ1) is 16.2. The molecule has 0 spiro atoms. The van der Waals surface area contributed by atoms with Gasteiger partial charge in [0.25, 0.3) is 0 Å². The van der Waals surface area contributed by atoms with Crippen molar-refractivity contribution in [2.45, 2.75) is 25.9 Å². The van der Waals surface area contributed by atoms with Crippen molar-refractivity contribution in [3.8, 4) is 0 Å². The zero-order chi connectivity index (χ0) is 13.5. The van der Waals surface area contributed by atoms with E-state index in [2.05, 4.69) is 0 Å². The van der Waals surface area contributed by atoms with Gasteiger partial charge in [-0.1, -0.05) is 0 Å². The zero-order valence-corrected chi connectivity index (χ0v) is 9.83. The molecule has 0 saturated heterocycles. The molecule has 1 atom stereocenters. The van der Waals surface area contributed by atoms with Crippen LogP contribution in [-0.2, 0) is 4.79 Å². The number of nitrogens with two attached hydrogens (primary N) is 1. The fraction of sp³-hybridized carbons (Fsp3) is 0.900. The second-order valence-electron chi connectivity index (χ2n) is 3.72. The van der Waals surface area contributed by atoms with Crippen molar-refractivity contribution in [1.82, 2.24) is 4.90 Å². The molecule has 0 aromatic carbocycles. The highest BCUT2D eigenvalue weighted by atomic mass is 19.4. The predicted molar refractivity (Wildman–Crippen MR) is 57.2 cm³/mol. The number of halogens is 3. The molecular formula is C10H19F3N2O2. The molecule has 0 rings (SSSR count). The van der Waals surface area contributed by atoms with Crippen molar-refractivity contribution in [3.05, 3.63) is 0 Å². The molecule has 0 aromatic heterocycles. The summed E-state index contributed by atoms with van der Waals surface area (Å²) in [6.45, 7) is 1.63. The molecule has 0 radical (unpaired) electrons. The van der Waals surface area contributed by atoms with Crippen molar-refractivity contribution in [1.29, 1.82) is 0 Å². The predicted octanol–water partition coefficient (Wildman–Crippen LogP) is 0.745. The molecule has 0 fully saturated rings. The zero-order valence-electron chi connectivity index (χ0n) is 9.83. The summed E-state index contributed by atoms with van der Waals surface area (Å²) in [5.74, 6) is -2.30. The number of hydrogen-bond donors (Lipinski definition) is 2. The molecule has 17 heavy (non-hydrogen) atoms. The Hall–Kier alpha value is -0.820. The lowest BCUT2D eigenvalue weighted by Crippen LogP contribution is -2.37. The molecule has 0 bridgehead atoms. The molecule has 1 amide bonds. The average molecular weight is 256 g/mol. The third-order valence-electron chi connectivity index (χ3n) is 2.50. The van der Waals surface area contributed by atoms with Crippen LogP contribution in [0.1, 0.15) is 19.8 Å². The van der Waals surface area contributed by atoms with Crippen LogP contribution in [0.2, 0.25) is 0 Å². The fourth-order valence-electron chi connectivity index (χ4n) is 1.50. The summed E-state index contributed by atoms with van der Waals surface area (Å²) in [7, 11) is 0. The van der Waals surface area contributed by atoms with Crippen LogP contribution in [0.3, 0.4) is 0 Å². The fourth-order valence-corrected chi connectivity index (χ4v) is 1.50. The van der Waals surface area contributed by atoms with Crippen LogP contribution in [-0.4, -0.2) is 48.3 Å². The lowest BCUT2D eigenvalue weighted by molar-refractivity contribution is -0.182. The molecule has 4 nitrogen and oxygen atoms in total. The molecule has 0 aliphatic rings. The van der Waals surface area contributed by atoms with Gasteiger partial charge in [0.15, 0.2) is 0 Å². The maximum Gasteiger partial charge on any atom is 0.392 e. The van der Waals surface area contributed by atoms with E-state index in [1.165, 1.54) is 4.90 Å². The van der Waals surface area contributed by atoms with E-state index in [0.717, 1.165) is 0 Å². The lowest BCUT2D eigenvalue weighted by atomic mass is 10.00. The van der Waals surface area contributed by atoms with E-state index < -0.39 is 24.4 Å². The summed E-state index contributed by atoms with van der Waals surface area (Å²) in [5, 5.41) is 8.68. The normalized spacial score (nSPS) is 13.5. The summed E-state index contributed by atoms with van der Waals surface area (Å²) in [6.07, 6.45) is -5.27. The van der Waals surface area contributed by atoms with Gasteiger partial charge in [-0.25, -0.2) is 0 Å². The molecule has 102 valence electrons. The van der Waals surface area contributed by atoms with Crippen molar-refractivity contribution in [3.63, 3.8) is 0 Å². The van der Waals surface area contributed by atoms with E-state index in [0.29, 0.717) is 0 Å². The third kappa shape index (κ3) is 5.88. The molecule has 3 N–H and O–H groups in total. The largest absolute Gasteiger partial charge is 0.395 e. The minimum atomic E-state index is -4.41. The summed E-state index contributed by atoms with van der Waals surface area (Å²) >= 11 is 0. The van der Waals surface area contributed by atoms with Crippen molar-refractivity contribution in [2.75, 3.05) is 26.2 Å². The van der Waals surface area contributed by atoms with Gasteiger partial charge in [-0.3, -0.25) is 4.79 Å². The van der Waals surface area contributed by atoms with Gasteiger partial charge < -0.3 is 15.7 Å². The number of rotatable bonds is 7. The molecule has 0 saturated carbocycles. The van der Waals surface area contributed by atoms with Gasteiger partial charge in [0.1, 0.15) is 0 Å². The van der Waals surface area contributed by atoms with Gasteiger partial charge in [-0.2, -0.15) is 13.2 Å². The van der Waals surface area contributed by atoms with E-state index in [1.807, 2.05) is 0 Å². The lowest BCUT2D eigenvalue weighted by Gasteiger charge is -2.24. The van der Waals surface area contributed by atoms with E-state index in [-0.39, 0.29) is 32.7 Å². The Balaban J connectivity index is 4.48. The van der Waals surface area contributed by atoms with Gasteiger partial charge >= 0.3 is 6.18 Å². The molecule has 0 aliphatic carbocycles. The maximum atomic E-state index is 12.5. The topological polar surface area (TPSA) is 66.6 Å². The van der Waals surface area contributed by atoms with Gasteiger partial charge in [0.2, 0.25) is 5.91 Å².